The van der Waals surface area contributed by atoms with Crippen molar-refractivity contribution in [1.82, 2.24) is 0 Å². The standard InChI is InChI=1S/C42H48BNO/c1-10-41(6,7)33-23-29(19-20-30(33)26(2)3)43-35-16-12-14-18-37(35)44(36-17-13-11-15-28(36)5)39-32-24-34-31(25-38(32)45-40(39)43)27(4)21-22-42(34,8)9/h11-20,23-27H,10,21-22H2,1-9H3. The average molecular weight is 594 g/mol. The zero-order chi connectivity index (χ0) is 31.8. The highest BCUT2D eigenvalue weighted by Gasteiger charge is 2.42. The number of nitrogens with zero attached hydrogens (tertiary/aromatic N) is 1. The van der Waals surface area contributed by atoms with E-state index < -0.39 is 0 Å². The van der Waals surface area contributed by atoms with Crippen LogP contribution in [0.3, 0.4) is 0 Å². The molecule has 2 aliphatic rings. The second-order valence-corrected chi connectivity index (χ2v) is 15.4. The molecule has 1 aliphatic heterocycles. The molecule has 2 nitrogen and oxygen atoms in total. The molecule has 1 aliphatic carbocycles. The molecule has 0 saturated heterocycles. The first-order valence-electron chi connectivity index (χ1n) is 17.1. The van der Waals surface area contributed by atoms with Gasteiger partial charge in [0.15, 0.2) is 0 Å². The molecule has 0 N–H and O–H groups in total. The molecule has 0 bridgehead atoms. The van der Waals surface area contributed by atoms with Gasteiger partial charge in [0.05, 0.1) is 11.3 Å². The number of hydrogen-bond acceptors (Lipinski definition) is 2. The van der Waals surface area contributed by atoms with Crippen molar-refractivity contribution in [3.8, 4) is 0 Å². The molecule has 0 fully saturated rings. The molecule has 230 valence electrons. The summed E-state index contributed by atoms with van der Waals surface area (Å²) in [5.41, 5.74) is 15.6. The minimum atomic E-state index is -0.000974. The van der Waals surface area contributed by atoms with Gasteiger partial charge in [-0.05, 0) is 106 Å². The number of benzene rings is 4. The molecule has 2 heterocycles. The topological polar surface area (TPSA) is 16.4 Å². The zero-order valence-corrected chi connectivity index (χ0v) is 28.7. The molecular weight excluding hydrogens is 545 g/mol. The van der Waals surface area contributed by atoms with Crippen LogP contribution in [-0.4, -0.2) is 6.71 Å². The van der Waals surface area contributed by atoms with E-state index in [9.17, 15) is 0 Å². The maximum atomic E-state index is 7.18. The van der Waals surface area contributed by atoms with Crippen molar-refractivity contribution >= 4 is 51.3 Å². The lowest BCUT2D eigenvalue weighted by molar-refractivity contribution is 0.403. The molecule has 5 aromatic rings. The van der Waals surface area contributed by atoms with Gasteiger partial charge in [-0.15, -0.1) is 0 Å². The van der Waals surface area contributed by atoms with E-state index >= 15 is 0 Å². The van der Waals surface area contributed by atoms with Crippen molar-refractivity contribution in [1.29, 1.82) is 0 Å². The summed E-state index contributed by atoms with van der Waals surface area (Å²) in [6.07, 6.45) is 3.51. The van der Waals surface area contributed by atoms with Crippen LogP contribution in [-0.2, 0) is 10.8 Å². The Hall–Kier alpha value is -3.72. The molecule has 0 radical (unpaired) electrons. The van der Waals surface area contributed by atoms with Gasteiger partial charge in [0.25, 0.3) is 6.71 Å². The summed E-state index contributed by atoms with van der Waals surface area (Å²) in [6, 6.07) is 30.0. The van der Waals surface area contributed by atoms with Crippen LogP contribution < -0.4 is 21.5 Å². The van der Waals surface area contributed by atoms with Crippen molar-refractivity contribution in [3.63, 3.8) is 0 Å². The second kappa shape index (κ2) is 10.7. The normalized spacial score (nSPS) is 17.4. The van der Waals surface area contributed by atoms with E-state index in [1.165, 1.54) is 74.0 Å². The van der Waals surface area contributed by atoms with E-state index in [1.54, 1.807) is 0 Å². The van der Waals surface area contributed by atoms with Gasteiger partial charge in [-0.1, -0.05) is 115 Å². The van der Waals surface area contributed by atoms with Crippen molar-refractivity contribution in [3.05, 3.63) is 107 Å². The smallest absolute Gasteiger partial charge is 0.292 e. The molecule has 0 spiro atoms. The van der Waals surface area contributed by atoms with Crippen molar-refractivity contribution < 1.29 is 4.42 Å². The van der Waals surface area contributed by atoms with Crippen LogP contribution in [0.1, 0.15) is 114 Å². The molecule has 1 aromatic heterocycles. The highest BCUT2D eigenvalue weighted by atomic mass is 16.3. The third kappa shape index (κ3) is 4.68. The first-order chi connectivity index (χ1) is 21.4. The number of fused-ring (bicyclic) bond motifs is 5. The summed E-state index contributed by atoms with van der Waals surface area (Å²) in [4.78, 5) is 2.49. The van der Waals surface area contributed by atoms with Gasteiger partial charge in [-0.3, -0.25) is 0 Å². The van der Waals surface area contributed by atoms with Gasteiger partial charge in [-0.2, -0.15) is 0 Å². The molecule has 4 aromatic carbocycles. The van der Waals surface area contributed by atoms with E-state index in [2.05, 4.69) is 146 Å². The van der Waals surface area contributed by atoms with Crippen LogP contribution >= 0.6 is 0 Å². The highest BCUT2D eigenvalue weighted by molar-refractivity contribution is 6.97. The number of rotatable bonds is 5. The minimum Gasteiger partial charge on any atom is -0.468 e. The first kappa shape index (κ1) is 30.0. The van der Waals surface area contributed by atoms with E-state index in [-0.39, 0.29) is 17.5 Å². The predicted molar refractivity (Wildman–Crippen MR) is 195 cm³/mol. The average Bonchev–Trinajstić information content (AvgIpc) is 3.39. The largest absolute Gasteiger partial charge is 0.468 e. The fourth-order valence-electron chi connectivity index (χ4n) is 8.08. The quantitative estimate of drug-likeness (QED) is 0.185. The van der Waals surface area contributed by atoms with Crippen LogP contribution in [0.15, 0.2) is 83.3 Å². The minimum absolute atomic E-state index is 0.000974. The van der Waals surface area contributed by atoms with E-state index in [4.69, 9.17) is 4.42 Å². The Morgan fingerprint density at radius 3 is 2.38 bits per heavy atom. The Labute approximate surface area is 270 Å². The van der Waals surface area contributed by atoms with Gasteiger partial charge in [0, 0.05) is 16.8 Å². The number of para-hydroxylation sites is 2. The highest BCUT2D eigenvalue weighted by Crippen LogP contribution is 2.48. The van der Waals surface area contributed by atoms with Gasteiger partial charge >= 0.3 is 0 Å². The maximum absolute atomic E-state index is 7.18. The van der Waals surface area contributed by atoms with E-state index in [0.29, 0.717) is 11.8 Å². The molecule has 0 amide bonds. The molecule has 7 rings (SSSR count). The Morgan fingerprint density at radius 1 is 0.956 bits per heavy atom. The van der Waals surface area contributed by atoms with E-state index in [0.717, 1.165) is 17.7 Å². The Kier molecular flexibility index (Phi) is 7.11. The number of hydrogen-bond donors (Lipinski definition) is 0. The Balaban J connectivity index is 1.57. The number of aryl methyl sites for hydroxylation is 1. The van der Waals surface area contributed by atoms with E-state index in [1.807, 2.05) is 0 Å². The van der Waals surface area contributed by atoms with Crippen LogP contribution in [0.4, 0.5) is 17.1 Å². The summed E-state index contributed by atoms with van der Waals surface area (Å²) in [6.45, 7) is 21.2. The second-order valence-electron chi connectivity index (χ2n) is 15.4. The van der Waals surface area contributed by atoms with Crippen molar-refractivity contribution in [2.45, 2.75) is 104 Å². The Bertz CT molecular complexity index is 1930. The fraction of sp³-hybridized carbons (Fsp3) is 0.381. The third-order valence-electron chi connectivity index (χ3n) is 11.3. The van der Waals surface area contributed by atoms with Gasteiger partial charge in [-0.25, -0.2) is 0 Å². The third-order valence-corrected chi connectivity index (χ3v) is 11.3. The molecule has 3 heteroatoms. The molecule has 0 saturated carbocycles. The summed E-state index contributed by atoms with van der Waals surface area (Å²) >= 11 is 0. The summed E-state index contributed by atoms with van der Waals surface area (Å²) in [5, 5.41) is 1.22. The van der Waals surface area contributed by atoms with Gasteiger partial charge < -0.3 is 9.32 Å². The van der Waals surface area contributed by atoms with Crippen molar-refractivity contribution in [2.24, 2.45) is 0 Å². The maximum Gasteiger partial charge on any atom is 0.292 e. The SMILES string of the molecule is CCC(C)(C)c1cc(B2c3ccccc3N(c3ccccc3C)c3c2oc2cc4c(cc32)C(C)(C)CCC4C)ccc1C(C)C. The first-order valence-corrected chi connectivity index (χ1v) is 17.1. The van der Waals surface area contributed by atoms with Crippen LogP contribution in [0, 0.1) is 6.92 Å². The number of furan rings is 1. The zero-order valence-electron chi connectivity index (χ0n) is 28.7. The van der Waals surface area contributed by atoms with Crippen LogP contribution in [0.2, 0.25) is 0 Å². The number of anilines is 3. The summed E-state index contributed by atoms with van der Waals surface area (Å²) in [5.74, 6) is 0.996. The lowest BCUT2D eigenvalue weighted by Gasteiger charge is -2.37. The molecular formula is C42H48BNO. The fourth-order valence-corrected chi connectivity index (χ4v) is 8.08. The molecule has 1 atom stereocenters. The predicted octanol–water partition coefficient (Wildman–Crippen LogP) is 10.0. The lowest BCUT2D eigenvalue weighted by atomic mass is 9.37. The van der Waals surface area contributed by atoms with Gasteiger partial charge in [0.1, 0.15) is 5.58 Å². The van der Waals surface area contributed by atoms with Gasteiger partial charge in [0.2, 0.25) is 0 Å². The Morgan fingerprint density at radius 2 is 1.67 bits per heavy atom. The molecule has 1 unspecified atom stereocenters. The molecule has 45 heavy (non-hydrogen) atoms. The lowest BCUT2D eigenvalue weighted by Crippen LogP contribution is -2.57. The van der Waals surface area contributed by atoms with Crippen LogP contribution in [0.25, 0.3) is 11.0 Å². The monoisotopic (exact) mass is 593 g/mol. The van der Waals surface area contributed by atoms with Crippen molar-refractivity contribution in [2.75, 3.05) is 4.90 Å². The van der Waals surface area contributed by atoms with Crippen LogP contribution in [0.5, 0.6) is 0 Å². The summed E-state index contributed by atoms with van der Waals surface area (Å²) in [7, 11) is 0. The summed E-state index contributed by atoms with van der Waals surface area (Å²) < 4.78 is 7.18.